The Morgan fingerprint density at radius 2 is 1.88 bits per heavy atom. The van der Waals surface area contributed by atoms with E-state index in [1.807, 2.05) is 12.3 Å². The minimum Gasteiger partial charge on any atom is -0.367 e. The molecule has 1 aromatic heterocycles. The second-order valence-corrected chi connectivity index (χ2v) is 4.43. The predicted octanol–water partition coefficient (Wildman–Crippen LogP) is 2.83. The number of carbonyl (C=O) groups is 2. The molecule has 0 amide bonds. The average Bonchev–Trinajstić information content (AvgIpc) is 2.80. The number of Topliss-reactive ketones (excluding diaryl/α,β-unsaturated/α-hetero) is 1. The molecule has 3 nitrogen and oxygen atoms in total. The number of fused-ring (bicyclic) bond motifs is 1. The Kier molecular flexibility index (Phi) is 3.91. The Morgan fingerprint density at radius 3 is 2.47 bits per heavy atom. The Hall–Kier alpha value is -1.64. The van der Waals surface area contributed by atoms with Gasteiger partial charge < -0.3 is 4.98 Å². The highest BCUT2D eigenvalue weighted by Gasteiger charge is 2.16. The van der Waals surface area contributed by atoms with Crippen LogP contribution >= 0.6 is 0 Å². The van der Waals surface area contributed by atoms with Crippen LogP contribution in [-0.2, 0) is 11.2 Å². The van der Waals surface area contributed by atoms with Gasteiger partial charge >= 0.3 is 0 Å². The zero-order valence-electron chi connectivity index (χ0n) is 9.87. The van der Waals surface area contributed by atoms with Crippen LogP contribution in [0.4, 0.5) is 0 Å². The lowest BCUT2D eigenvalue weighted by atomic mass is 9.95. The van der Waals surface area contributed by atoms with Gasteiger partial charge in [0.2, 0.25) is 0 Å². The predicted molar refractivity (Wildman–Crippen MR) is 66.1 cm³/mol. The first-order valence-electron chi connectivity index (χ1n) is 6.15. The summed E-state index contributed by atoms with van der Waals surface area (Å²) < 4.78 is 0. The van der Waals surface area contributed by atoms with E-state index in [2.05, 4.69) is 4.98 Å². The highest BCUT2D eigenvalue weighted by molar-refractivity contribution is 5.98. The summed E-state index contributed by atoms with van der Waals surface area (Å²) in [5, 5.41) is 0. The molecule has 2 aliphatic rings. The molecule has 0 unspecified atom stereocenters. The topological polar surface area (TPSA) is 49.9 Å². The van der Waals surface area contributed by atoms with Crippen molar-refractivity contribution in [1.82, 2.24) is 4.98 Å². The Labute approximate surface area is 101 Å². The van der Waals surface area contributed by atoms with Crippen LogP contribution in [0.5, 0.6) is 0 Å². The van der Waals surface area contributed by atoms with Gasteiger partial charge in [0, 0.05) is 30.8 Å². The van der Waals surface area contributed by atoms with Gasteiger partial charge in [-0.3, -0.25) is 9.59 Å². The van der Waals surface area contributed by atoms with E-state index in [1.54, 1.807) is 12.3 Å². The summed E-state index contributed by atoms with van der Waals surface area (Å²) in [6.07, 6.45) is 13.0. The van der Waals surface area contributed by atoms with Crippen LogP contribution in [0, 0.1) is 0 Å². The van der Waals surface area contributed by atoms with Crippen molar-refractivity contribution in [2.24, 2.45) is 0 Å². The molecule has 0 aromatic carbocycles. The van der Waals surface area contributed by atoms with Crippen molar-refractivity contribution >= 4 is 11.6 Å². The standard InChI is InChI=1S/C8H9NO.C6H8O/c10-8-3-1-2-6-4-9-5-7(6)8;7-6-4-2-1-3-5-6/h4-5,9H,1-3H2;2,4H,1,3,5H2. The lowest BCUT2D eigenvalue weighted by molar-refractivity contribution is -0.114. The van der Waals surface area contributed by atoms with Crippen LogP contribution in [0.15, 0.2) is 24.5 Å². The molecule has 2 aliphatic carbocycles. The van der Waals surface area contributed by atoms with Gasteiger partial charge in [0.05, 0.1) is 0 Å². The van der Waals surface area contributed by atoms with Crippen molar-refractivity contribution in [3.8, 4) is 0 Å². The van der Waals surface area contributed by atoms with Gasteiger partial charge in [-0.25, -0.2) is 0 Å². The molecule has 1 aromatic rings. The van der Waals surface area contributed by atoms with Crippen LogP contribution in [0.3, 0.4) is 0 Å². The largest absolute Gasteiger partial charge is 0.367 e. The zero-order valence-corrected chi connectivity index (χ0v) is 9.87. The van der Waals surface area contributed by atoms with E-state index in [-0.39, 0.29) is 5.78 Å². The number of carbonyl (C=O) groups excluding carboxylic acids is 2. The van der Waals surface area contributed by atoms with Crippen LogP contribution in [0.25, 0.3) is 0 Å². The third-order valence-electron chi connectivity index (χ3n) is 3.08. The van der Waals surface area contributed by atoms with Crippen molar-refractivity contribution in [2.75, 3.05) is 0 Å². The maximum absolute atomic E-state index is 11.1. The maximum Gasteiger partial charge on any atom is 0.164 e. The number of H-pyrrole nitrogens is 1. The van der Waals surface area contributed by atoms with Gasteiger partial charge in [0.25, 0.3) is 0 Å². The summed E-state index contributed by atoms with van der Waals surface area (Å²) in [7, 11) is 0. The SMILES string of the molecule is O=C1C=CCCC1.O=C1CCCc2c[nH]cc21. The van der Waals surface area contributed by atoms with E-state index >= 15 is 0 Å². The number of aryl methyl sites for hydroxylation is 1. The molecule has 0 spiro atoms. The summed E-state index contributed by atoms with van der Waals surface area (Å²) >= 11 is 0. The number of hydrogen-bond acceptors (Lipinski definition) is 2. The first-order valence-corrected chi connectivity index (χ1v) is 6.15. The summed E-state index contributed by atoms with van der Waals surface area (Å²) in [6, 6.07) is 0. The van der Waals surface area contributed by atoms with E-state index < -0.39 is 0 Å². The second kappa shape index (κ2) is 5.62. The molecule has 0 atom stereocenters. The monoisotopic (exact) mass is 231 g/mol. The van der Waals surface area contributed by atoms with Gasteiger partial charge in [-0.05, 0) is 37.3 Å². The van der Waals surface area contributed by atoms with Crippen molar-refractivity contribution in [1.29, 1.82) is 0 Å². The number of aromatic amines is 1. The third-order valence-corrected chi connectivity index (χ3v) is 3.08. The van der Waals surface area contributed by atoms with Crippen molar-refractivity contribution in [3.05, 3.63) is 35.7 Å². The summed E-state index contributed by atoms with van der Waals surface area (Å²) in [6.45, 7) is 0. The highest BCUT2D eigenvalue weighted by Crippen LogP contribution is 2.19. The smallest absolute Gasteiger partial charge is 0.164 e. The van der Waals surface area contributed by atoms with Gasteiger partial charge in [-0.1, -0.05) is 6.08 Å². The molecule has 0 aliphatic heterocycles. The van der Waals surface area contributed by atoms with Crippen molar-refractivity contribution in [2.45, 2.75) is 38.5 Å². The van der Waals surface area contributed by atoms with Gasteiger partial charge in [-0.2, -0.15) is 0 Å². The lowest BCUT2D eigenvalue weighted by Crippen LogP contribution is -2.07. The van der Waals surface area contributed by atoms with E-state index in [1.165, 1.54) is 5.56 Å². The summed E-state index contributed by atoms with van der Waals surface area (Å²) in [4.78, 5) is 24.5. The Morgan fingerprint density at radius 1 is 1.00 bits per heavy atom. The lowest BCUT2D eigenvalue weighted by Gasteiger charge is -2.07. The molecule has 3 heteroatoms. The van der Waals surface area contributed by atoms with Crippen LogP contribution in [0.1, 0.15) is 48.0 Å². The third kappa shape index (κ3) is 3.16. The fraction of sp³-hybridized carbons (Fsp3) is 0.429. The first kappa shape index (κ1) is 11.8. The second-order valence-electron chi connectivity index (χ2n) is 4.43. The normalized spacial score (nSPS) is 18.4. The molecule has 0 fully saturated rings. The van der Waals surface area contributed by atoms with Crippen LogP contribution in [0.2, 0.25) is 0 Å². The van der Waals surface area contributed by atoms with Crippen LogP contribution < -0.4 is 0 Å². The highest BCUT2D eigenvalue weighted by atomic mass is 16.1. The molecule has 90 valence electrons. The molecule has 1 heterocycles. The molecule has 0 bridgehead atoms. The van der Waals surface area contributed by atoms with E-state index in [0.717, 1.165) is 44.1 Å². The number of rotatable bonds is 0. The fourth-order valence-corrected chi connectivity index (χ4v) is 2.13. The zero-order chi connectivity index (χ0) is 12.1. The summed E-state index contributed by atoms with van der Waals surface area (Å²) in [5.41, 5.74) is 2.10. The van der Waals surface area contributed by atoms with Gasteiger partial charge in [-0.15, -0.1) is 0 Å². The minimum atomic E-state index is 0.284. The average molecular weight is 231 g/mol. The molecular weight excluding hydrogens is 214 g/mol. The van der Waals surface area contributed by atoms with Crippen LogP contribution in [-0.4, -0.2) is 16.6 Å². The molecular formula is C14H17NO2. The van der Waals surface area contributed by atoms with E-state index in [9.17, 15) is 9.59 Å². The fourth-order valence-electron chi connectivity index (χ4n) is 2.13. The summed E-state index contributed by atoms with van der Waals surface area (Å²) in [5.74, 6) is 0.578. The number of nitrogens with one attached hydrogen (secondary N) is 1. The first-order chi connectivity index (χ1) is 8.27. The minimum absolute atomic E-state index is 0.284. The quantitative estimate of drug-likeness (QED) is 0.746. The Bertz CT molecular complexity index is 443. The molecule has 0 saturated carbocycles. The van der Waals surface area contributed by atoms with Gasteiger partial charge in [0.1, 0.15) is 0 Å². The number of ketones is 2. The molecule has 1 N–H and O–H groups in total. The van der Waals surface area contributed by atoms with E-state index in [4.69, 9.17) is 0 Å². The number of aromatic nitrogens is 1. The van der Waals surface area contributed by atoms with Gasteiger partial charge in [0.15, 0.2) is 11.6 Å². The molecule has 0 radical (unpaired) electrons. The molecule has 17 heavy (non-hydrogen) atoms. The maximum atomic E-state index is 11.1. The van der Waals surface area contributed by atoms with E-state index in [0.29, 0.717) is 5.78 Å². The molecule has 3 rings (SSSR count). The van der Waals surface area contributed by atoms with Crippen molar-refractivity contribution in [3.63, 3.8) is 0 Å². The van der Waals surface area contributed by atoms with Crippen molar-refractivity contribution < 1.29 is 9.59 Å². The molecule has 0 saturated heterocycles. The Balaban J connectivity index is 0.000000136. The number of hydrogen-bond donors (Lipinski definition) is 1. The number of allylic oxidation sites excluding steroid dienone is 2.